The van der Waals surface area contributed by atoms with Crippen LogP contribution in [0.1, 0.15) is 26.3 Å². The van der Waals surface area contributed by atoms with E-state index in [4.69, 9.17) is 4.74 Å². The van der Waals surface area contributed by atoms with Gasteiger partial charge >= 0.3 is 0 Å². The van der Waals surface area contributed by atoms with Crippen LogP contribution in [-0.2, 0) is 14.4 Å². The Bertz CT molecular complexity index is 996. The Morgan fingerprint density at radius 1 is 1.03 bits per heavy atom. The number of anilines is 2. The zero-order valence-corrected chi connectivity index (χ0v) is 17.5. The molecule has 0 spiro atoms. The summed E-state index contributed by atoms with van der Waals surface area (Å²) in [4.78, 5) is 39.4. The van der Waals surface area contributed by atoms with E-state index in [0.29, 0.717) is 33.2 Å². The smallest absolute Gasteiger partial charge is 0.272 e. The van der Waals surface area contributed by atoms with Gasteiger partial charge in [0.05, 0.1) is 23.3 Å². The molecule has 6 nitrogen and oxygen atoms in total. The number of amides is 3. The van der Waals surface area contributed by atoms with E-state index >= 15 is 0 Å². The van der Waals surface area contributed by atoms with Crippen LogP contribution in [0.25, 0.3) is 5.57 Å². The number of carbonyl (C=O) groups excluding carboxylic acids is 3. The summed E-state index contributed by atoms with van der Waals surface area (Å²) in [5.74, 6) is -0.484. The predicted molar refractivity (Wildman–Crippen MR) is 116 cm³/mol. The topological polar surface area (TPSA) is 75.7 Å². The number of para-hydroxylation sites is 2. The van der Waals surface area contributed by atoms with Gasteiger partial charge in [-0.15, -0.1) is 11.8 Å². The first-order chi connectivity index (χ1) is 13.8. The molecule has 7 heteroatoms. The average Bonchev–Trinajstić information content (AvgIpc) is 2.91. The van der Waals surface area contributed by atoms with Gasteiger partial charge in [-0.2, -0.15) is 0 Å². The highest BCUT2D eigenvalue weighted by Crippen LogP contribution is 2.42. The number of benzene rings is 2. The van der Waals surface area contributed by atoms with Crippen molar-refractivity contribution in [2.24, 2.45) is 0 Å². The molecule has 1 aliphatic rings. The van der Waals surface area contributed by atoms with Gasteiger partial charge in [0.15, 0.2) is 0 Å². The molecule has 150 valence electrons. The molecule has 0 saturated carbocycles. The minimum atomic E-state index is -0.394. The first-order valence-electron chi connectivity index (χ1n) is 9.14. The molecule has 2 aromatic carbocycles. The fourth-order valence-corrected chi connectivity index (χ4v) is 4.05. The van der Waals surface area contributed by atoms with Crippen LogP contribution in [0.3, 0.4) is 0 Å². The molecule has 0 fully saturated rings. The third-order valence-corrected chi connectivity index (χ3v) is 5.30. The lowest BCUT2D eigenvalue weighted by Crippen LogP contribution is -2.31. The molecule has 1 heterocycles. The molecule has 1 N–H and O–H groups in total. The van der Waals surface area contributed by atoms with Crippen LogP contribution in [0.2, 0.25) is 0 Å². The first-order valence-corrected chi connectivity index (χ1v) is 10.0. The average molecular weight is 410 g/mol. The number of thioether (sulfide) groups is 1. The van der Waals surface area contributed by atoms with Crippen molar-refractivity contribution in [3.8, 4) is 5.75 Å². The number of ether oxygens (including phenoxy) is 1. The van der Waals surface area contributed by atoms with Gasteiger partial charge in [-0.05, 0) is 29.8 Å². The van der Waals surface area contributed by atoms with Crippen molar-refractivity contribution in [3.05, 3.63) is 59.0 Å². The maximum absolute atomic E-state index is 13.3. The van der Waals surface area contributed by atoms with E-state index in [0.717, 1.165) is 0 Å². The van der Waals surface area contributed by atoms with Crippen molar-refractivity contribution in [2.45, 2.75) is 26.0 Å². The van der Waals surface area contributed by atoms with Crippen molar-refractivity contribution < 1.29 is 19.1 Å². The fraction of sp³-hybridized carbons (Fsp3) is 0.227. The van der Waals surface area contributed by atoms with Crippen molar-refractivity contribution in [3.63, 3.8) is 0 Å². The highest BCUT2D eigenvalue weighted by atomic mass is 32.2. The summed E-state index contributed by atoms with van der Waals surface area (Å²) in [6.45, 7) is 5.37. The van der Waals surface area contributed by atoms with E-state index < -0.39 is 5.91 Å². The lowest BCUT2D eigenvalue weighted by molar-refractivity contribution is -0.120. The predicted octanol–water partition coefficient (Wildman–Crippen LogP) is 4.08. The molecule has 0 aliphatic carbocycles. The molecule has 0 aromatic heterocycles. The maximum Gasteiger partial charge on any atom is 0.272 e. The van der Waals surface area contributed by atoms with E-state index in [9.17, 15) is 14.4 Å². The normalized spacial score (nSPS) is 14.0. The monoisotopic (exact) mass is 410 g/mol. The first kappa shape index (κ1) is 20.7. The van der Waals surface area contributed by atoms with Crippen LogP contribution in [0, 0.1) is 0 Å². The van der Waals surface area contributed by atoms with Gasteiger partial charge in [-0.25, -0.2) is 4.90 Å². The minimum absolute atomic E-state index is 0.119. The van der Waals surface area contributed by atoms with Crippen molar-refractivity contribution >= 4 is 46.4 Å². The van der Waals surface area contributed by atoms with Crippen molar-refractivity contribution in [2.75, 3.05) is 17.3 Å². The van der Waals surface area contributed by atoms with Gasteiger partial charge < -0.3 is 10.1 Å². The number of carbonyl (C=O) groups is 3. The van der Waals surface area contributed by atoms with E-state index in [-0.39, 0.29) is 17.1 Å². The zero-order chi connectivity index (χ0) is 21.1. The van der Waals surface area contributed by atoms with Crippen molar-refractivity contribution in [1.82, 2.24) is 0 Å². The summed E-state index contributed by atoms with van der Waals surface area (Å²) in [5, 5.41) is 2.82. The van der Waals surface area contributed by atoms with Crippen LogP contribution in [-0.4, -0.2) is 30.1 Å². The Labute approximate surface area is 173 Å². The lowest BCUT2D eigenvalue weighted by atomic mass is 10.1. The fourth-order valence-electron chi connectivity index (χ4n) is 3.07. The molecule has 0 unspecified atom stereocenters. The molecular weight excluding hydrogens is 388 g/mol. The Morgan fingerprint density at radius 2 is 1.69 bits per heavy atom. The third-order valence-electron chi connectivity index (χ3n) is 4.21. The van der Waals surface area contributed by atoms with E-state index in [1.54, 1.807) is 48.5 Å². The third kappa shape index (κ3) is 4.19. The summed E-state index contributed by atoms with van der Waals surface area (Å²) in [5.41, 5.74) is 2.02. The van der Waals surface area contributed by atoms with E-state index in [2.05, 4.69) is 5.32 Å². The standard InChI is InChI=1S/C22H22N2O4S/c1-13(2)29-20-19(15-9-11-16(12-10-15)23-14(3)25)21(26)24(22(20)27)17-7-5-6-8-18(17)28-4/h5-13H,1-4H3,(H,23,25). The van der Waals surface area contributed by atoms with Gasteiger partial charge in [0.1, 0.15) is 5.75 Å². The summed E-state index contributed by atoms with van der Waals surface area (Å²) in [6, 6.07) is 13.8. The molecule has 0 saturated heterocycles. The van der Waals surface area contributed by atoms with Gasteiger partial charge in [-0.3, -0.25) is 14.4 Å². The Balaban J connectivity index is 2.07. The van der Waals surface area contributed by atoms with E-state index in [1.807, 2.05) is 13.8 Å². The number of methoxy groups -OCH3 is 1. The Kier molecular flexibility index (Phi) is 6.08. The number of hydrogen-bond donors (Lipinski definition) is 1. The summed E-state index contributed by atoms with van der Waals surface area (Å²) in [6.07, 6.45) is 0. The summed E-state index contributed by atoms with van der Waals surface area (Å²) >= 11 is 1.36. The lowest BCUT2D eigenvalue weighted by Gasteiger charge is -2.18. The number of nitrogens with zero attached hydrogens (tertiary/aromatic N) is 1. The molecule has 2 aromatic rings. The molecule has 1 aliphatic heterocycles. The van der Waals surface area contributed by atoms with Crippen LogP contribution in [0.15, 0.2) is 53.4 Å². The summed E-state index contributed by atoms with van der Waals surface area (Å²) in [7, 11) is 1.50. The van der Waals surface area contributed by atoms with E-state index in [1.165, 1.54) is 30.7 Å². The quantitative estimate of drug-likeness (QED) is 0.727. The summed E-state index contributed by atoms with van der Waals surface area (Å²) < 4.78 is 5.35. The second-order valence-corrected chi connectivity index (χ2v) is 8.33. The molecule has 0 atom stereocenters. The van der Waals surface area contributed by atoms with Crippen LogP contribution >= 0.6 is 11.8 Å². The number of nitrogens with one attached hydrogen (secondary N) is 1. The molecular formula is C22H22N2O4S. The van der Waals surface area contributed by atoms with Crippen LogP contribution in [0.5, 0.6) is 5.75 Å². The molecule has 0 bridgehead atoms. The van der Waals surface area contributed by atoms with Gasteiger partial charge in [0.25, 0.3) is 11.8 Å². The zero-order valence-electron chi connectivity index (χ0n) is 16.7. The SMILES string of the molecule is COc1ccccc1N1C(=O)C(SC(C)C)=C(c2ccc(NC(C)=O)cc2)C1=O. The highest BCUT2D eigenvalue weighted by Gasteiger charge is 2.41. The molecule has 29 heavy (non-hydrogen) atoms. The minimum Gasteiger partial charge on any atom is -0.495 e. The van der Waals surface area contributed by atoms with Gasteiger partial charge in [0, 0.05) is 17.9 Å². The van der Waals surface area contributed by atoms with Crippen LogP contribution in [0.4, 0.5) is 11.4 Å². The van der Waals surface area contributed by atoms with Crippen LogP contribution < -0.4 is 15.0 Å². The second kappa shape index (κ2) is 8.53. The van der Waals surface area contributed by atoms with Crippen molar-refractivity contribution in [1.29, 1.82) is 0 Å². The second-order valence-electron chi connectivity index (χ2n) is 6.75. The highest BCUT2D eigenvalue weighted by molar-refractivity contribution is 8.04. The Morgan fingerprint density at radius 3 is 2.28 bits per heavy atom. The number of imide groups is 1. The largest absolute Gasteiger partial charge is 0.495 e. The number of rotatable bonds is 6. The molecule has 0 radical (unpaired) electrons. The Hall–Kier alpha value is -3.06. The molecule has 3 rings (SSSR count). The van der Waals surface area contributed by atoms with Gasteiger partial charge in [0.2, 0.25) is 5.91 Å². The molecule has 3 amide bonds. The van der Waals surface area contributed by atoms with Gasteiger partial charge in [-0.1, -0.05) is 38.1 Å². The maximum atomic E-state index is 13.3. The number of hydrogen-bond acceptors (Lipinski definition) is 5.